The Balaban J connectivity index is 2.65. The summed E-state index contributed by atoms with van der Waals surface area (Å²) < 4.78 is 5.41. The molecule has 0 amide bonds. The molecule has 1 aromatic carbocycles. The zero-order valence-corrected chi connectivity index (χ0v) is 7.87. The number of hydrogen-bond acceptors (Lipinski definition) is 1. The highest BCUT2D eigenvalue weighted by atomic mass is 16.3. The lowest BCUT2D eigenvalue weighted by atomic mass is 10.1. The number of para-hydroxylation sites is 1. The van der Waals surface area contributed by atoms with Crippen molar-refractivity contribution in [2.45, 2.75) is 13.8 Å². The minimum Gasteiger partial charge on any atom is -0.464 e. The molecule has 1 heterocycles. The van der Waals surface area contributed by atoms with Crippen LogP contribution in [0.25, 0.3) is 17.0 Å². The van der Waals surface area contributed by atoms with Crippen molar-refractivity contribution in [1.82, 2.24) is 0 Å². The van der Waals surface area contributed by atoms with Crippen molar-refractivity contribution in [3.8, 4) is 0 Å². The van der Waals surface area contributed by atoms with E-state index >= 15 is 0 Å². The average Bonchev–Trinajstić information content (AvgIpc) is 2.48. The minimum absolute atomic E-state index is 0.954. The van der Waals surface area contributed by atoms with Gasteiger partial charge < -0.3 is 4.42 Å². The lowest BCUT2D eigenvalue weighted by Crippen LogP contribution is -1.69. The van der Waals surface area contributed by atoms with Gasteiger partial charge in [0.05, 0.1) is 6.26 Å². The van der Waals surface area contributed by atoms with E-state index < -0.39 is 0 Å². The molecule has 0 atom stereocenters. The number of allylic oxidation sites excluding steroid dienone is 1. The van der Waals surface area contributed by atoms with E-state index in [0.29, 0.717) is 0 Å². The fraction of sp³-hybridized carbons (Fsp3) is 0.167. The third kappa shape index (κ3) is 1.50. The summed E-state index contributed by atoms with van der Waals surface area (Å²) in [7, 11) is 0. The first-order valence-corrected chi connectivity index (χ1v) is 4.38. The molecule has 0 unspecified atom stereocenters. The molecule has 0 fully saturated rings. The maximum absolute atomic E-state index is 5.41. The molecule has 66 valence electrons. The highest BCUT2D eigenvalue weighted by molar-refractivity contribution is 5.87. The van der Waals surface area contributed by atoms with Crippen molar-refractivity contribution in [3.63, 3.8) is 0 Å². The van der Waals surface area contributed by atoms with Crippen LogP contribution in [0.15, 0.2) is 40.5 Å². The molecule has 2 rings (SSSR count). The first kappa shape index (κ1) is 8.11. The molecule has 0 saturated carbocycles. The van der Waals surface area contributed by atoms with Gasteiger partial charge in [0.15, 0.2) is 0 Å². The van der Waals surface area contributed by atoms with Crippen LogP contribution in [0.5, 0.6) is 0 Å². The molecule has 13 heavy (non-hydrogen) atoms. The maximum atomic E-state index is 5.41. The third-order valence-corrected chi connectivity index (χ3v) is 1.96. The fourth-order valence-electron chi connectivity index (χ4n) is 1.42. The molecular weight excluding hydrogens is 160 g/mol. The van der Waals surface area contributed by atoms with Gasteiger partial charge in [0, 0.05) is 10.9 Å². The van der Waals surface area contributed by atoms with Crippen LogP contribution >= 0.6 is 0 Å². The standard InChI is InChI=1S/C12H12O/c1-9(2)7-10-8-13-12-6-4-3-5-11(10)12/h3-8H,1-2H3. The molecule has 1 aromatic heterocycles. The van der Waals surface area contributed by atoms with E-state index in [2.05, 4.69) is 26.0 Å². The number of hydrogen-bond donors (Lipinski definition) is 0. The molecule has 0 aliphatic heterocycles. The van der Waals surface area contributed by atoms with Crippen molar-refractivity contribution < 1.29 is 4.42 Å². The Hall–Kier alpha value is -1.50. The summed E-state index contributed by atoms with van der Waals surface area (Å²) in [4.78, 5) is 0. The molecule has 0 saturated heterocycles. The largest absolute Gasteiger partial charge is 0.464 e. The van der Waals surface area contributed by atoms with Crippen molar-refractivity contribution in [2.75, 3.05) is 0 Å². The lowest BCUT2D eigenvalue weighted by molar-refractivity contribution is 0.615. The highest BCUT2D eigenvalue weighted by Gasteiger charge is 2.00. The Morgan fingerprint density at radius 3 is 2.77 bits per heavy atom. The Bertz CT molecular complexity index is 445. The van der Waals surface area contributed by atoms with Crippen LogP contribution in [0, 0.1) is 0 Å². The summed E-state index contributed by atoms with van der Waals surface area (Å²) in [5, 5.41) is 1.18. The van der Waals surface area contributed by atoms with Crippen LogP contribution in [-0.2, 0) is 0 Å². The summed E-state index contributed by atoms with van der Waals surface area (Å²) in [6.07, 6.45) is 3.93. The van der Waals surface area contributed by atoms with Gasteiger partial charge in [-0.2, -0.15) is 0 Å². The molecule has 0 radical (unpaired) electrons. The topological polar surface area (TPSA) is 13.1 Å². The number of rotatable bonds is 1. The van der Waals surface area contributed by atoms with Crippen LogP contribution in [-0.4, -0.2) is 0 Å². The van der Waals surface area contributed by atoms with Crippen LogP contribution in [0.4, 0.5) is 0 Å². The molecule has 0 aliphatic carbocycles. The monoisotopic (exact) mass is 172 g/mol. The second-order valence-electron chi connectivity index (χ2n) is 3.41. The second kappa shape index (κ2) is 3.09. The van der Waals surface area contributed by atoms with Gasteiger partial charge in [-0.3, -0.25) is 0 Å². The van der Waals surface area contributed by atoms with Gasteiger partial charge in [-0.25, -0.2) is 0 Å². The quantitative estimate of drug-likeness (QED) is 0.636. The Morgan fingerprint density at radius 1 is 1.23 bits per heavy atom. The molecule has 0 aliphatic rings. The summed E-state index contributed by atoms with van der Waals surface area (Å²) in [6.45, 7) is 4.17. The van der Waals surface area contributed by atoms with Crippen molar-refractivity contribution >= 4 is 17.0 Å². The summed E-state index contributed by atoms with van der Waals surface area (Å²) in [5.41, 5.74) is 3.40. The van der Waals surface area contributed by atoms with E-state index in [1.807, 2.05) is 18.2 Å². The molecule has 2 aromatic rings. The average molecular weight is 172 g/mol. The molecule has 0 N–H and O–H groups in total. The van der Waals surface area contributed by atoms with Gasteiger partial charge in [-0.15, -0.1) is 0 Å². The van der Waals surface area contributed by atoms with Crippen LogP contribution in [0.3, 0.4) is 0 Å². The maximum Gasteiger partial charge on any atom is 0.134 e. The lowest BCUT2D eigenvalue weighted by Gasteiger charge is -1.90. The summed E-state index contributed by atoms with van der Waals surface area (Å²) in [5.74, 6) is 0. The highest BCUT2D eigenvalue weighted by Crippen LogP contribution is 2.22. The van der Waals surface area contributed by atoms with Crippen molar-refractivity contribution in [1.29, 1.82) is 0 Å². The number of fused-ring (bicyclic) bond motifs is 1. The van der Waals surface area contributed by atoms with E-state index in [0.717, 1.165) is 11.1 Å². The van der Waals surface area contributed by atoms with Gasteiger partial charge in [-0.1, -0.05) is 29.8 Å². The summed E-state index contributed by atoms with van der Waals surface area (Å²) in [6, 6.07) is 8.07. The smallest absolute Gasteiger partial charge is 0.134 e. The van der Waals surface area contributed by atoms with Gasteiger partial charge in [-0.05, 0) is 19.9 Å². The summed E-state index contributed by atoms with van der Waals surface area (Å²) >= 11 is 0. The molecule has 0 spiro atoms. The normalized spacial score (nSPS) is 10.3. The van der Waals surface area contributed by atoms with Crippen molar-refractivity contribution in [2.24, 2.45) is 0 Å². The van der Waals surface area contributed by atoms with E-state index in [-0.39, 0.29) is 0 Å². The molecule has 1 nitrogen and oxygen atoms in total. The van der Waals surface area contributed by atoms with E-state index in [9.17, 15) is 0 Å². The van der Waals surface area contributed by atoms with Crippen molar-refractivity contribution in [3.05, 3.63) is 41.7 Å². The zero-order chi connectivity index (χ0) is 9.26. The van der Waals surface area contributed by atoms with Gasteiger partial charge in [0.1, 0.15) is 5.58 Å². The predicted octanol–water partition coefficient (Wildman–Crippen LogP) is 3.86. The van der Waals surface area contributed by atoms with Crippen LogP contribution in [0.1, 0.15) is 19.4 Å². The van der Waals surface area contributed by atoms with E-state index in [4.69, 9.17) is 4.42 Å². The molecular formula is C12H12O. The zero-order valence-electron chi connectivity index (χ0n) is 7.87. The van der Waals surface area contributed by atoms with Gasteiger partial charge in [0.25, 0.3) is 0 Å². The minimum atomic E-state index is 0.954. The first-order chi connectivity index (χ1) is 6.27. The number of benzene rings is 1. The molecule has 1 heteroatoms. The second-order valence-corrected chi connectivity index (χ2v) is 3.41. The van der Waals surface area contributed by atoms with Gasteiger partial charge in [0.2, 0.25) is 0 Å². The molecule has 0 bridgehead atoms. The predicted molar refractivity (Wildman–Crippen MR) is 55.5 cm³/mol. The van der Waals surface area contributed by atoms with E-state index in [1.54, 1.807) is 6.26 Å². The van der Waals surface area contributed by atoms with Crippen LogP contribution in [0.2, 0.25) is 0 Å². The Morgan fingerprint density at radius 2 is 2.00 bits per heavy atom. The van der Waals surface area contributed by atoms with Crippen LogP contribution < -0.4 is 0 Å². The van der Waals surface area contributed by atoms with E-state index in [1.165, 1.54) is 11.0 Å². The Labute approximate surface area is 77.7 Å². The first-order valence-electron chi connectivity index (χ1n) is 4.38. The number of furan rings is 1. The SMILES string of the molecule is CC(C)=Cc1coc2ccccc12. The van der Waals surface area contributed by atoms with Gasteiger partial charge >= 0.3 is 0 Å². The fourth-order valence-corrected chi connectivity index (χ4v) is 1.42. The Kier molecular flexibility index (Phi) is 1.93. The third-order valence-electron chi connectivity index (χ3n) is 1.96.